The van der Waals surface area contributed by atoms with Crippen LogP contribution in [-0.2, 0) is 9.59 Å². The van der Waals surface area contributed by atoms with E-state index in [-0.39, 0.29) is 30.9 Å². The molecular formula is C9H13N3O3. The summed E-state index contributed by atoms with van der Waals surface area (Å²) in [6.45, 7) is 0.459. The van der Waals surface area contributed by atoms with E-state index in [0.717, 1.165) is 4.90 Å². The lowest BCUT2D eigenvalue weighted by Gasteiger charge is -2.16. The fourth-order valence-corrected chi connectivity index (χ4v) is 1.08. The van der Waals surface area contributed by atoms with Gasteiger partial charge in [0.05, 0.1) is 0 Å². The van der Waals surface area contributed by atoms with E-state index in [1.807, 2.05) is 0 Å². The Bertz CT molecular complexity index is 305. The van der Waals surface area contributed by atoms with Crippen LogP contribution in [0, 0.1) is 0 Å². The van der Waals surface area contributed by atoms with Crippen molar-refractivity contribution < 1.29 is 14.4 Å². The molecule has 1 aliphatic rings. The highest BCUT2D eigenvalue weighted by atomic mass is 16.2. The standard InChI is InChI=1S/C9H13N3O3/c1-11(2)9(15)10-5-6-12-7(13)3-4-8(12)14/h3-4H,5-6H2,1-2H3,(H,10,15). The van der Waals surface area contributed by atoms with Crippen LogP contribution in [0.3, 0.4) is 0 Å². The summed E-state index contributed by atoms with van der Waals surface area (Å²) in [4.78, 5) is 35.7. The summed E-state index contributed by atoms with van der Waals surface area (Å²) in [5, 5.41) is 2.56. The topological polar surface area (TPSA) is 69.7 Å². The van der Waals surface area contributed by atoms with Gasteiger partial charge in [0.1, 0.15) is 0 Å². The van der Waals surface area contributed by atoms with E-state index in [2.05, 4.69) is 5.32 Å². The van der Waals surface area contributed by atoms with Crippen molar-refractivity contribution in [2.45, 2.75) is 0 Å². The molecule has 6 nitrogen and oxygen atoms in total. The van der Waals surface area contributed by atoms with E-state index < -0.39 is 0 Å². The van der Waals surface area contributed by atoms with Crippen LogP contribution in [-0.4, -0.2) is 54.8 Å². The van der Waals surface area contributed by atoms with Gasteiger partial charge in [-0.2, -0.15) is 0 Å². The van der Waals surface area contributed by atoms with Gasteiger partial charge in [0, 0.05) is 39.3 Å². The summed E-state index contributed by atoms with van der Waals surface area (Å²) in [5.41, 5.74) is 0. The molecule has 1 rings (SSSR count). The Morgan fingerprint density at radius 1 is 1.33 bits per heavy atom. The maximum absolute atomic E-state index is 11.1. The van der Waals surface area contributed by atoms with Crippen LogP contribution in [0.5, 0.6) is 0 Å². The number of amides is 4. The van der Waals surface area contributed by atoms with Crippen molar-refractivity contribution in [3.8, 4) is 0 Å². The predicted octanol–water partition coefficient (Wildman–Crippen LogP) is -0.817. The van der Waals surface area contributed by atoms with Crippen LogP contribution in [0.1, 0.15) is 0 Å². The molecule has 1 heterocycles. The average Bonchev–Trinajstić information content (AvgIpc) is 2.48. The normalized spacial score (nSPS) is 14.7. The van der Waals surface area contributed by atoms with Gasteiger partial charge in [-0.1, -0.05) is 0 Å². The molecule has 0 aromatic rings. The van der Waals surface area contributed by atoms with Gasteiger partial charge in [0.25, 0.3) is 11.8 Å². The lowest BCUT2D eigenvalue weighted by molar-refractivity contribution is -0.136. The first kappa shape index (κ1) is 11.2. The Morgan fingerprint density at radius 2 is 1.87 bits per heavy atom. The highest BCUT2D eigenvalue weighted by Gasteiger charge is 2.22. The second-order valence-corrected chi connectivity index (χ2v) is 3.29. The Morgan fingerprint density at radius 3 is 2.33 bits per heavy atom. The SMILES string of the molecule is CN(C)C(=O)NCCN1C(=O)C=CC1=O. The van der Waals surface area contributed by atoms with Crippen molar-refractivity contribution in [2.75, 3.05) is 27.2 Å². The maximum Gasteiger partial charge on any atom is 0.316 e. The second-order valence-electron chi connectivity index (χ2n) is 3.29. The van der Waals surface area contributed by atoms with Crippen LogP contribution in [0.2, 0.25) is 0 Å². The van der Waals surface area contributed by atoms with Crippen molar-refractivity contribution in [3.05, 3.63) is 12.2 Å². The van der Waals surface area contributed by atoms with E-state index in [0.29, 0.717) is 0 Å². The smallest absolute Gasteiger partial charge is 0.316 e. The number of urea groups is 1. The largest absolute Gasteiger partial charge is 0.336 e. The quantitative estimate of drug-likeness (QED) is 0.620. The van der Waals surface area contributed by atoms with Crippen LogP contribution >= 0.6 is 0 Å². The Kier molecular flexibility index (Phi) is 3.43. The summed E-state index contributed by atoms with van der Waals surface area (Å²) in [6.07, 6.45) is 2.44. The Balaban J connectivity index is 2.30. The third-order valence-corrected chi connectivity index (χ3v) is 1.92. The average molecular weight is 211 g/mol. The molecule has 0 radical (unpaired) electrons. The molecular weight excluding hydrogens is 198 g/mol. The lowest BCUT2D eigenvalue weighted by atomic mass is 10.5. The summed E-state index contributed by atoms with van der Waals surface area (Å²) >= 11 is 0. The number of nitrogens with zero attached hydrogens (tertiary/aromatic N) is 2. The first-order chi connectivity index (χ1) is 7.02. The lowest BCUT2D eigenvalue weighted by Crippen LogP contribution is -2.41. The fourth-order valence-electron chi connectivity index (χ4n) is 1.08. The minimum Gasteiger partial charge on any atom is -0.336 e. The van der Waals surface area contributed by atoms with Gasteiger partial charge in [-0.05, 0) is 0 Å². The molecule has 0 aliphatic carbocycles. The van der Waals surface area contributed by atoms with Crippen molar-refractivity contribution in [3.63, 3.8) is 0 Å². The molecule has 0 fully saturated rings. The molecule has 15 heavy (non-hydrogen) atoms. The number of hydrogen-bond donors (Lipinski definition) is 1. The van der Waals surface area contributed by atoms with Gasteiger partial charge in [0.2, 0.25) is 0 Å². The molecule has 82 valence electrons. The van der Waals surface area contributed by atoms with Crippen molar-refractivity contribution in [1.82, 2.24) is 15.1 Å². The number of carbonyl (C=O) groups excluding carboxylic acids is 3. The van der Waals surface area contributed by atoms with E-state index >= 15 is 0 Å². The zero-order chi connectivity index (χ0) is 11.4. The number of hydrogen-bond acceptors (Lipinski definition) is 3. The van der Waals surface area contributed by atoms with Crippen LogP contribution in [0.15, 0.2) is 12.2 Å². The highest BCUT2D eigenvalue weighted by Crippen LogP contribution is 2.01. The number of carbonyl (C=O) groups is 3. The molecule has 1 aliphatic heterocycles. The molecule has 0 atom stereocenters. The summed E-state index contributed by atoms with van der Waals surface area (Å²) in [5.74, 6) is -0.668. The molecule has 4 amide bonds. The van der Waals surface area contributed by atoms with Crippen molar-refractivity contribution >= 4 is 17.8 Å². The van der Waals surface area contributed by atoms with Crippen LogP contribution in [0.25, 0.3) is 0 Å². The number of nitrogens with one attached hydrogen (secondary N) is 1. The van der Waals surface area contributed by atoms with Gasteiger partial charge in [-0.3, -0.25) is 14.5 Å². The van der Waals surface area contributed by atoms with E-state index in [9.17, 15) is 14.4 Å². The molecule has 0 spiro atoms. The molecule has 0 saturated heterocycles. The highest BCUT2D eigenvalue weighted by molar-refractivity contribution is 6.12. The van der Waals surface area contributed by atoms with Crippen molar-refractivity contribution in [2.24, 2.45) is 0 Å². The Labute approximate surface area is 87.5 Å². The third kappa shape index (κ3) is 2.80. The van der Waals surface area contributed by atoms with E-state index in [1.165, 1.54) is 17.1 Å². The summed E-state index contributed by atoms with van der Waals surface area (Å²) < 4.78 is 0. The van der Waals surface area contributed by atoms with E-state index in [1.54, 1.807) is 14.1 Å². The zero-order valence-corrected chi connectivity index (χ0v) is 8.69. The van der Waals surface area contributed by atoms with Crippen LogP contribution < -0.4 is 5.32 Å². The van der Waals surface area contributed by atoms with E-state index in [4.69, 9.17) is 0 Å². The first-order valence-corrected chi connectivity index (χ1v) is 4.51. The first-order valence-electron chi connectivity index (χ1n) is 4.51. The summed E-state index contributed by atoms with van der Waals surface area (Å²) in [7, 11) is 3.23. The predicted molar refractivity (Wildman–Crippen MR) is 52.9 cm³/mol. The third-order valence-electron chi connectivity index (χ3n) is 1.92. The van der Waals surface area contributed by atoms with Gasteiger partial charge in [-0.15, -0.1) is 0 Å². The van der Waals surface area contributed by atoms with Gasteiger partial charge in [0.15, 0.2) is 0 Å². The molecule has 1 N–H and O–H groups in total. The Hall–Kier alpha value is -1.85. The number of imide groups is 1. The van der Waals surface area contributed by atoms with Crippen LogP contribution in [0.4, 0.5) is 4.79 Å². The monoisotopic (exact) mass is 211 g/mol. The molecule has 0 saturated carbocycles. The molecule has 0 aromatic heterocycles. The molecule has 0 unspecified atom stereocenters. The second kappa shape index (κ2) is 4.59. The molecule has 0 bridgehead atoms. The molecule has 6 heteroatoms. The summed E-state index contributed by atoms with van der Waals surface area (Å²) in [6, 6.07) is -0.248. The minimum absolute atomic E-state index is 0.199. The minimum atomic E-state index is -0.334. The molecule has 0 aromatic carbocycles. The van der Waals surface area contributed by atoms with Gasteiger partial charge in [-0.25, -0.2) is 4.79 Å². The van der Waals surface area contributed by atoms with Gasteiger partial charge >= 0.3 is 6.03 Å². The fraction of sp³-hybridized carbons (Fsp3) is 0.444. The zero-order valence-electron chi connectivity index (χ0n) is 8.69. The maximum atomic E-state index is 11.1. The van der Waals surface area contributed by atoms with Gasteiger partial charge < -0.3 is 10.2 Å². The number of rotatable bonds is 3. The van der Waals surface area contributed by atoms with Crippen molar-refractivity contribution in [1.29, 1.82) is 0 Å².